The Labute approximate surface area is 68.9 Å². The lowest BCUT2D eigenvalue weighted by Gasteiger charge is -2.08. The SMILES string of the molecule is C=CC.CCP(=O)(OC)OC. The Bertz CT molecular complexity index is 115. The van der Waals surface area contributed by atoms with Crippen molar-refractivity contribution in [2.75, 3.05) is 20.4 Å². The fourth-order valence-corrected chi connectivity index (χ4v) is 0.998. The first-order chi connectivity index (χ1) is 5.10. The van der Waals surface area contributed by atoms with E-state index in [2.05, 4.69) is 15.6 Å². The summed E-state index contributed by atoms with van der Waals surface area (Å²) >= 11 is 0. The lowest BCUT2D eigenvalue weighted by atomic mass is 10.8. The molecule has 0 unspecified atom stereocenters. The summed E-state index contributed by atoms with van der Waals surface area (Å²) in [4.78, 5) is 0. The molecule has 0 heterocycles. The van der Waals surface area contributed by atoms with Crippen molar-refractivity contribution in [1.82, 2.24) is 0 Å². The van der Waals surface area contributed by atoms with Crippen molar-refractivity contribution in [1.29, 1.82) is 0 Å². The summed E-state index contributed by atoms with van der Waals surface area (Å²) in [5.74, 6) is 0. The van der Waals surface area contributed by atoms with Gasteiger partial charge in [0.1, 0.15) is 0 Å². The molecule has 0 amide bonds. The largest absolute Gasteiger partial charge is 0.329 e. The third-order valence-electron chi connectivity index (χ3n) is 0.944. The van der Waals surface area contributed by atoms with E-state index in [0.717, 1.165) is 0 Å². The molecule has 0 aliphatic heterocycles. The van der Waals surface area contributed by atoms with Gasteiger partial charge in [-0.3, -0.25) is 4.57 Å². The van der Waals surface area contributed by atoms with Crippen molar-refractivity contribution in [3.8, 4) is 0 Å². The van der Waals surface area contributed by atoms with Gasteiger partial charge >= 0.3 is 7.60 Å². The second kappa shape index (κ2) is 7.99. The van der Waals surface area contributed by atoms with Crippen LogP contribution >= 0.6 is 7.60 Å². The number of allylic oxidation sites excluding steroid dienone is 1. The number of rotatable bonds is 3. The average Bonchev–Trinajstić information content (AvgIpc) is 2.05. The first-order valence-electron chi connectivity index (χ1n) is 3.37. The molecule has 0 spiro atoms. The molecule has 11 heavy (non-hydrogen) atoms. The smallest absolute Gasteiger partial charge is 0.312 e. The molecule has 0 saturated carbocycles. The van der Waals surface area contributed by atoms with Crippen LogP contribution in [0.3, 0.4) is 0 Å². The van der Waals surface area contributed by atoms with Gasteiger partial charge < -0.3 is 9.05 Å². The Morgan fingerprint density at radius 1 is 1.45 bits per heavy atom. The molecule has 0 atom stereocenters. The molecular weight excluding hydrogens is 163 g/mol. The average molecular weight is 180 g/mol. The van der Waals surface area contributed by atoms with Crippen LogP contribution in [0.15, 0.2) is 12.7 Å². The van der Waals surface area contributed by atoms with E-state index in [1.807, 2.05) is 6.92 Å². The summed E-state index contributed by atoms with van der Waals surface area (Å²) in [7, 11) is 0.103. The second-order valence-corrected chi connectivity index (χ2v) is 4.29. The molecule has 0 saturated heterocycles. The number of hydrogen-bond acceptors (Lipinski definition) is 3. The predicted octanol–water partition coefficient (Wildman–Crippen LogP) is 2.68. The highest BCUT2D eigenvalue weighted by Crippen LogP contribution is 2.45. The molecule has 0 aromatic rings. The highest BCUT2D eigenvalue weighted by atomic mass is 31.2. The lowest BCUT2D eigenvalue weighted by molar-refractivity contribution is 0.277. The minimum absolute atomic E-state index is 0.431. The predicted molar refractivity (Wildman–Crippen MR) is 48.0 cm³/mol. The quantitative estimate of drug-likeness (QED) is 0.494. The van der Waals surface area contributed by atoms with Crippen molar-refractivity contribution >= 4 is 7.60 Å². The maximum Gasteiger partial charge on any atom is 0.329 e. The minimum atomic E-state index is -2.66. The van der Waals surface area contributed by atoms with E-state index < -0.39 is 7.60 Å². The van der Waals surface area contributed by atoms with Crippen LogP contribution < -0.4 is 0 Å². The molecule has 3 nitrogen and oxygen atoms in total. The van der Waals surface area contributed by atoms with Gasteiger partial charge in [-0.05, 0) is 6.92 Å². The van der Waals surface area contributed by atoms with Crippen LogP contribution in [-0.2, 0) is 13.6 Å². The Hall–Kier alpha value is -0.110. The van der Waals surface area contributed by atoms with Crippen LogP contribution in [0, 0.1) is 0 Å². The highest BCUT2D eigenvalue weighted by Gasteiger charge is 2.15. The van der Waals surface area contributed by atoms with Gasteiger partial charge in [-0.1, -0.05) is 13.0 Å². The van der Waals surface area contributed by atoms with Crippen LogP contribution in [0.4, 0.5) is 0 Å². The Balaban J connectivity index is 0. The molecule has 4 heteroatoms. The number of hydrogen-bond donors (Lipinski definition) is 0. The van der Waals surface area contributed by atoms with Crippen LogP contribution in [0.1, 0.15) is 13.8 Å². The summed E-state index contributed by atoms with van der Waals surface area (Å²) < 4.78 is 20.0. The topological polar surface area (TPSA) is 35.5 Å². The summed E-state index contributed by atoms with van der Waals surface area (Å²) in [6.45, 7) is 7.01. The van der Waals surface area contributed by atoms with Gasteiger partial charge in [0, 0.05) is 20.4 Å². The van der Waals surface area contributed by atoms with E-state index in [1.165, 1.54) is 14.2 Å². The van der Waals surface area contributed by atoms with Crippen LogP contribution in [0.2, 0.25) is 0 Å². The molecule has 0 bridgehead atoms. The van der Waals surface area contributed by atoms with Crippen molar-refractivity contribution < 1.29 is 13.6 Å². The standard InChI is InChI=1S/C4H11O3P.C3H6/c1-4-8(5,6-2)7-3;1-3-2/h4H2,1-3H3;3H,1H2,2H3. The van der Waals surface area contributed by atoms with Gasteiger partial charge in [-0.25, -0.2) is 0 Å². The molecular formula is C7H17O3P. The third kappa shape index (κ3) is 7.79. The first-order valence-corrected chi connectivity index (χ1v) is 5.10. The van der Waals surface area contributed by atoms with Gasteiger partial charge in [0.25, 0.3) is 0 Å². The Morgan fingerprint density at radius 2 is 1.73 bits per heavy atom. The summed E-state index contributed by atoms with van der Waals surface area (Å²) in [6.07, 6.45) is 2.18. The Morgan fingerprint density at radius 3 is 1.73 bits per heavy atom. The minimum Gasteiger partial charge on any atom is -0.312 e. The molecule has 0 N–H and O–H groups in total. The molecule has 0 rings (SSSR count). The lowest BCUT2D eigenvalue weighted by Crippen LogP contribution is -1.89. The van der Waals surface area contributed by atoms with E-state index in [-0.39, 0.29) is 0 Å². The van der Waals surface area contributed by atoms with E-state index in [0.29, 0.717) is 6.16 Å². The maximum atomic E-state index is 10.9. The summed E-state index contributed by atoms with van der Waals surface area (Å²) in [5, 5.41) is 0. The van der Waals surface area contributed by atoms with Crippen molar-refractivity contribution in [2.45, 2.75) is 13.8 Å². The zero-order chi connectivity index (χ0) is 9.33. The zero-order valence-electron chi connectivity index (χ0n) is 7.66. The van der Waals surface area contributed by atoms with E-state index >= 15 is 0 Å². The molecule has 0 aliphatic carbocycles. The molecule has 0 aliphatic rings. The van der Waals surface area contributed by atoms with Gasteiger partial charge in [0.2, 0.25) is 0 Å². The molecule has 0 radical (unpaired) electrons. The van der Waals surface area contributed by atoms with E-state index in [1.54, 1.807) is 13.0 Å². The molecule has 0 aromatic carbocycles. The molecule has 0 aromatic heterocycles. The van der Waals surface area contributed by atoms with Gasteiger partial charge in [0.05, 0.1) is 0 Å². The second-order valence-electron chi connectivity index (χ2n) is 1.70. The van der Waals surface area contributed by atoms with E-state index in [9.17, 15) is 4.57 Å². The van der Waals surface area contributed by atoms with Gasteiger partial charge in [0.15, 0.2) is 0 Å². The molecule has 0 fully saturated rings. The molecule has 68 valence electrons. The highest BCUT2D eigenvalue weighted by molar-refractivity contribution is 7.53. The maximum absolute atomic E-state index is 10.9. The van der Waals surface area contributed by atoms with Crippen molar-refractivity contribution in [3.05, 3.63) is 12.7 Å². The zero-order valence-corrected chi connectivity index (χ0v) is 8.56. The van der Waals surface area contributed by atoms with Crippen LogP contribution in [-0.4, -0.2) is 20.4 Å². The van der Waals surface area contributed by atoms with Crippen molar-refractivity contribution in [2.24, 2.45) is 0 Å². The fourth-order valence-electron chi connectivity index (χ4n) is 0.333. The van der Waals surface area contributed by atoms with Crippen LogP contribution in [0.5, 0.6) is 0 Å². The van der Waals surface area contributed by atoms with Crippen LogP contribution in [0.25, 0.3) is 0 Å². The summed E-state index contributed by atoms with van der Waals surface area (Å²) in [5.41, 5.74) is 0. The monoisotopic (exact) mass is 180 g/mol. The van der Waals surface area contributed by atoms with E-state index in [4.69, 9.17) is 0 Å². The Kier molecular flexibility index (Phi) is 9.79. The van der Waals surface area contributed by atoms with Crippen molar-refractivity contribution in [3.63, 3.8) is 0 Å². The third-order valence-corrected chi connectivity index (χ3v) is 2.83. The fraction of sp³-hybridized carbons (Fsp3) is 0.714. The summed E-state index contributed by atoms with van der Waals surface area (Å²) in [6, 6.07) is 0. The van der Waals surface area contributed by atoms with Gasteiger partial charge in [-0.15, -0.1) is 6.58 Å². The normalized spacial score (nSPS) is 9.82. The first kappa shape index (κ1) is 13.5. The van der Waals surface area contributed by atoms with Gasteiger partial charge in [-0.2, -0.15) is 0 Å².